The minimum atomic E-state index is -0.256. The third-order valence-corrected chi connectivity index (χ3v) is 5.94. The van der Waals surface area contributed by atoms with Crippen molar-refractivity contribution in [1.82, 2.24) is 25.1 Å². The van der Waals surface area contributed by atoms with Crippen LogP contribution in [0.5, 0.6) is 5.75 Å². The number of carbonyl (C=O) groups is 1. The molecule has 0 aliphatic carbocycles. The maximum atomic E-state index is 12.8. The molecule has 3 rings (SSSR count). The molecule has 1 aliphatic rings. The Morgan fingerprint density at radius 2 is 2.11 bits per heavy atom. The summed E-state index contributed by atoms with van der Waals surface area (Å²) in [6.07, 6.45) is 0. The van der Waals surface area contributed by atoms with Gasteiger partial charge in [0.1, 0.15) is 11.4 Å². The smallest absolute Gasteiger partial charge is 0.236 e. The van der Waals surface area contributed by atoms with Crippen LogP contribution in [-0.2, 0) is 4.79 Å². The van der Waals surface area contributed by atoms with Crippen LogP contribution < -0.4 is 9.64 Å². The Labute approximate surface area is 163 Å². The molecular formula is C18H27N6O2S+. The Bertz CT molecular complexity index is 788. The van der Waals surface area contributed by atoms with Gasteiger partial charge in [0.15, 0.2) is 0 Å². The lowest BCUT2D eigenvalue weighted by Crippen LogP contribution is -3.14. The lowest BCUT2D eigenvalue weighted by atomic mass is 10.2. The molecule has 0 unspecified atom stereocenters. The van der Waals surface area contributed by atoms with E-state index in [-0.39, 0.29) is 11.2 Å². The van der Waals surface area contributed by atoms with Gasteiger partial charge in [-0.2, -0.15) is 4.68 Å². The number of piperazine rings is 1. The van der Waals surface area contributed by atoms with Crippen LogP contribution in [0.3, 0.4) is 0 Å². The number of thioether (sulfide) groups is 1. The lowest BCUT2D eigenvalue weighted by molar-refractivity contribution is -0.902. The fraction of sp³-hybridized carbons (Fsp3) is 0.556. The number of methoxy groups -OCH3 is 1. The number of likely N-dealkylation sites (N-methyl/N-ethyl adjacent to an activating group) is 1. The molecule has 8 nitrogen and oxygen atoms in total. The lowest BCUT2D eigenvalue weighted by Gasteiger charge is -2.32. The second-order valence-corrected chi connectivity index (χ2v) is 8.05. The number of carbonyl (C=O) groups excluding carboxylic acids is 1. The Kier molecular flexibility index (Phi) is 6.33. The van der Waals surface area contributed by atoms with Gasteiger partial charge in [0.05, 0.1) is 45.1 Å². The molecule has 1 aromatic heterocycles. The normalized spacial score (nSPS) is 16.4. The third kappa shape index (κ3) is 4.41. The molecular weight excluding hydrogens is 364 g/mol. The highest BCUT2D eigenvalue weighted by molar-refractivity contribution is 8.00. The van der Waals surface area contributed by atoms with Gasteiger partial charge in [0, 0.05) is 0 Å². The molecule has 1 fully saturated rings. The van der Waals surface area contributed by atoms with E-state index in [1.807, 2.05) is 36.9 Å². The van der Waals surface area contributed by atoms with Gasteiger partial charge in [0.25, 0.3) is 0 Å². The van der Waals surface area contributed by atoms with Gasteiger partial charge in [-0.1, -0.05) is 17.8 Å². The second-order valence-electron chi connectivity index (χ2n) is 6.74. The van der Waals surface area contributed by atoms with E-state index < -0.39 is 0 Å². The quantitative estimate of drug-likeness (QED) is 0.710. The number of hydrogen-bond donors (Lipinski definition) is 1. The number of amides is 1. The first-order valence-corrected chi connectivity index (χ1v) is 10.1. The average molecular weight is 392 g/mol. The summed E-state index contributed by atoms with van der Waals surface area (Å²) in [7, 11) is 1.62. The minimum absolute atomic E-state index is 0.140. The molecule has 0 radical (unpaired) electrons. The van der Waals surface area contributed by atoms with Gasteiger partial charge in [-0.3, -0.25) is 4.79 Å². The Hall–Kier alpha value is -2.13. The van der Waals surface area contributed by atoms with E-state index in [9.17, 15) is 4.79 Å². The number of nitrogens with zero attached hydrogens (tertiary/aromatic N) is 5. The van der Waals surface area contributed by atoms with Gasteiger partial charge in [-0.15, -0.1) is 5.10 Å². The number of quaternary nitrogens is 1. The molecule has 1 N–H and O–H groups in total. The van der Waals surface area contributed by atoms with E-state index in [4.69, 9.17) is 4.74 Å². The van der Waals surface area contributed by atoms with Crippen molar-refractivity contribution in [3.05, 3.63) is 23.8 Å². The molecule has 0 spiro atoms. The fourth-order valence-corrected chi connectivity index (χ4v) is 4.12. The van der Waals surface area contributed by atoms with Gasteiger partial charge < -0.3 is 14.5 Å². The first-order chi connectivity index (χ1) is 13.0. The summed E-state index contributed by atoms with van der Waals surface area (Å²) in [6.45, 7) is 10.9. The van der Waals surface area contributed by atoms with Crippen molar-refractivity contribution >= 4 is 17.7 Å². The summed E-state index contributed by atoms with van der Waals surface area (Å²) in [6, 6.07) is 5.84. The predicted molar refractivity (Wildman–Crippen MR) is 104 cm³/mol. The van der Waals surface area contributed by atoms with E-state index in [1.165, 1.54) is 11.8 Å². The number of aryl methyl sites for hydroxylation is 1. The van der Waals surface area contributed by atoms with Crippen LogP contribution in [0.15, 0.2) is 23.4 Å². The minimum Gasteiger partial charge on any atom is -0.494 e. The number of nitrogens with one attached hydrogen (secondary N) is 1. The van der Waals surface area contributed by atoms with Crippen LogP contribution in [0.25, 0.3) is 5.69 Å². The van der Waals surface area contributed by atoms with Crippen LogP contribution in [0.1, 0.15) is 19.4 Å². The number of hydrogen-bond acceptors (Lipinski definition) is 6. The van der Waals surface area contributed by atoms with Crippen molar-refractivity contribution in [2.75, 3.05) is 39.8 Å². The van der Waals surface area contributed by atoms with E-state index in [2.05, 4.69) is 22.4 Å². The SMILES string of the molecule is CC[NH+]1CCN(C(=O)[C@H](C)Sc2nnnn2-c2cc(C)ccc2OC)CC1. The third-order valence-electron chi connectivity index (χ3n) is 4.92. The molecule has 1 aliphatic heterocycles. The molecule has 1 saturated heterocycles. The second kappa shape index (κ2) is 8.71. The summed E-state index contributed by atoms with van der Waals surface area (Å²) in [5.41, 5.74) is 1.85. The number of rotatable bonds is 6. The summed E-state index contributed by atoms with van der Waals surface area (Å²) in [4.78, 5) is 16.3. The van der Waals surface area contributed by atoms with Gasteiger partial charge in [-0.05, 0) is 48.9 Å². The van der Waals surface area contributed by atoms with Crippen molar-refractivity contribution < 1.29 is 14.4 Å². The summed E-state index contributed by atoms with van der Waals surface area (Å²) >= 11 is 1.38. The van der Waals surface area contributed by atoms with Crippen LogP contribution in [0.2, 0.25) is 0 Å². The largest absolute Gasteiger partial charge is 0.494 e. The highest BCUT2D eigenvalue weighted by atomic mass is 32.2. The zero-order valence-electron chi connectivity index (χ0n) is 16.3. The molecule has 2 heterocycles. The van der Waals surface area contributed by atoms with Gasteiger partial charge >= 0.3 is 0 Å². The van der Waals surface area contributed by atoms with Crippen LogP contribution in [0.4, 0.5) is 0 Å². The Balaban J connectivity index is 1.73. The number of benzene rings is 1. The average Bonchev–Trinajstić information content (AvgIpc) is 3.15. The van der Waals surface area contributed by atoms with Crippen molar-refractivity contribution in [2.24, 2.45) is 0 Å². The zero-order chi connectivity index (χ0) is 19.4. The number of tetrazole rings is 1. The summed E-state index contributed by atoms with van der Waals surface area (Å²) in [5, 5.41) is 12.4. The van der Waals surface area contributed by atoms with E-state index in [1.54, 1.807) is 16.7 Å². The maximum Gasteiger partial charge on any atom is 0.236 e. The highest BCUT2D eigenvalue weighted by Gasteiger charge is 2.28. The molecule has 146 valence electrons. The van der Waals surface area contributed by atoms with Crippen molar-refractivity contribution in [3.63, 3.8) is 0 Å². The monoisotopic (exact) mass is 391 g/mol. The van der Waals surface area contributed by atoms with Crippen LogP contribution >= 0.6 is 11.8 Å². The van der Waals surface area contributed by atoms with E-state index >= 15 is 0 Å². The highest BCUT2D eigenvalue weighted by Crippen LogP contribution is 2.29. The Morgan fingerprint density at radius 1 is 1.37 bits per heavy atom. The fourth-order valence-electron chi connectivity index (χ4n) is 3.23. The maximum absolute atomic E-state index is 12.8. The topological polar surface area (TPSA) is 77.6 Å². The summed E-state index contributed by atoms with van der Waals surface area (Å²) in [5.74, 6) is 0.827. The molecule has 1 atom stereocenters. The molecule has 9 heteroatoms. The predicted octanol–water partition coefficient (Wildman–Crippen LogP) is 0.207. The summed E-state index contributed by atoms with van der Waals surface area (Å²) < 4.78 is 7.08. The molecule has 1 aromatic carbocycles. The molecule has 1 amide bonds. The van der Waals surface area contributed by atoms with Crippen LogP contribution in [0, 0.1) is 6.92 Å². The van der Waals surface area contributed by atoms with Gasteiger partial charge in [0.2, 0.25) is 11.1 Å². The molecule has 27 heavy (non-hydrogen) atoms. The Morgan fingerprint density at radius 3 is 2.78 bits per heavy atom. The van der Waals surface area contributed by atoms with Crippen molar-refractivity contribution in [3.8, 4) is 11.4 Å². The van der Waals surface area contributed by atoms with E-state index in [0.717, 1.165) is 44.0 Å². The zero-order valence-corrected chi connectivity index (χ0v) is 17.1. The standard InChI is InChI=1S/C18H26N6O2S/c1-5-22-8-10-23(11-9-22)17(25)14(3)27-18-19-20-21-24(18)15-12-13(2)6-7-16(15)26-4/h6-7,12,14H,5,8-11H2,1-4H3/p+1/t14-/m0/s1. The van der Waals surface area contributed by atoms with Gasteiger partial charge in [-0.25, -0.2) is 0 Å². The molecule has 0 saturated carbocycles. The first kappa shape index (κ1) is 19.6. The molecule has 2 aromatic rings. The first-order valence-electron chi connectivity index (χ1n) is 9.26. The van der Waals surface area contributed by atoms with Crippen molar-refractivity contribution in [2.45, 2.75) is 31.2 Å². The number of aromatic nitrogens is 4. The number of ether oxygens (including phenoxy) is 1. The molecule has 0 bridgehead atoms. The van der Waals surface area contributed by atoms with Crippen molar-refractivity contribution in [1.29, 1.82) is 0 Å². The van der Waals surface area contributed by atoms with E-state index in [0.29, 0.717) is 10.9 Å². The van der Waals surface area contributed by atoms with Crippen LogP contribution in [-0.4, -0.2) is 76.1 Å².